The van der Waals surface area contributed by atoms with E-state index in [4.69, 9.17) is 5.11 Å². The Balaban J connectivity index is 2.75. The number of fused-ring (bicyclic) bond motifs is 1. The van der Waals surface area contributed by atoms with Crippen LogP contribution >= 0.6 is 0 Å². The second-order valence-corrected chi connectivity index (χ2v) is 5.45. The minimum atomic E-state index is -1.11. The van der Waals surface area contributed by atoms with E-state index in [0.717, 1.165) is 10.9 Å². The van der Waals surface area contributed by atoms with Gasteiger partial charge < -0.3 is 10.2 Å². The second-order valence-electron chi connectivity index (χ2n) is 5.45. The van der Waals surface area contributed by atoms with E-state index < -0.39 is 5.97 Å². The molecule has 0 saturated carbocycles. The highest BCUT2D eigenvalue weighted by molar-refractivity contribution is 6.06. The summed E-state index contributed by atoms with van der Waals surface area (Å²) in [6.45, 7) is 6.31. The van der Waals surface area contributed by atoms with E-state index in [2.05, 4.69) is 20.8 Å². The molecule has 94 valence electrons. The number of hydrogen-bond acceptors (Lipinski definition) is 2. The Morgan fingerprint density at radius 1 is 1.11 bits per heavy atom. The minimum absolute atomic E-state index is 0.00939. The third-order valence-corrected chi connectivity index (χ3v) is 3.08. The SMILES string of the molecule is CC(C)(C)c1ccc2c(C(=O)O)c(O)ccc2c1. The van der Waals surface area contributed by atoms with Crippen LogP contribution in [-0.4, -0.2) is 16.2 Å². The molecule has 0 aliphatic carbocycles. The summed E-state index contributed by atoms with van der Waals surface area (Å²) in [6.07, 6.45) is 0. The van der Waals surface area contributed by atoms with Gasteiger partial charge in [0.25, 0.3) is 0 Å². The number of carboxylic acid groups (broad SMARTS) is 1. The van der Waals surface area contributed by atoms with Crippen LogP contribution in [0.5, 0.6) is 5.75 Å². The van der Waals surface area contributed by atoms with Gasteiger partial charge in [-0.2, -0.15) is 0 Å². The molecule has 0 saturated heterocycles. The lowest BCUT2D eigenvalue weighted by Crippen LogP contribution is -2.10. The maximum absolute atomic E-state index is 11.2. The van der Waals surface area contributed by atoms with E-state index in [-0.39, 0.29) is 16.7 Å². The first-order chi connectivity index (χ1) is 8.30. The van der Waals surface area contributed by atoms with Gasteiger partial charge in [-0.05, 0) is 27.8 Å². The average Bonchev–Trinajstić information content (AvgIpc) is 2.26. The molecule has 0 unspecified atom stereocenters. The monoisotopic (exact) mass is 244 g/mol. The van der Waals surface area contributed by atoms with Crippen molar-refractivity contribution in [3.05, 3.63) is 41.5 Å². The Morgan fingerprint density at radius 2 is 1.78 bits per heavy atom. The Labute approximate surface area is 106 Å². The first kappa shape index (κ1) is 12.4. The fourth-order valence-electron chi connectivity index (χ4n) is 2.01. The largest absolute Gasteiger partial charge is 0.507 e. The third-order valence-electron chi connectivity index (χ3n) is 3.08. The van der Waals surface area contributed by atoms with Crippen LogP contribution in [0.3, 0.4) is 0 Å². The summed E-state index contributed by atoms with van der Waals surface area (Å²) in [7, 11) is 0. The molecule has 0 spiro atoms. The van der Waals surface area contributed by atoms with Gasteiger partial charge in [-0.1, -0.05) is 45.0 Å². The van der Waals surface area contributed by atoms with Crippen molar-refractivity contribution in [1.29, 1.82) is 0 Å². The lowest BCUT2D eigenvalue weighted by molar-refractivity contribution is 0.0696. The summed E-state index contributed by atoms with van der Waals surface area (Å²) in [5.41, 5.74) is 1.11. The second kappa shape index (κ2) is 4.02. The van der Waals surface area contributed by atoms with E-state index in [1.54, 1.807) is 12.1 Å². The highest BCUT2D eigenvalue weighted by Gasteiger charge is 2.17. The van der Waals surface area contributed by atoms with E-state index in [1.807, 2.05) is 12.1 Å². The van der Waals surface area contributed by atoms with Crippen molar-refractivity contribution in [3.8, 4) is 5.75 Å². The van der Waals surface area contributed by atoms with Crippen LogP contribution in [0.4, 0.5) is 0 Å². The van der Waals surface area contributed by atoms with Crippen LogP contribution in [0.1, 0.15) is 36.7 Å². The minimum Gasteiger partial charge on any atom is -0.507 e. The number of aromatic carboxylic acids is 1. The summed E-state index contributed by atoms with van der Waals surface area (Å²) in [6, 6.07) is 8.82. The molecule has 0 fully saturated rings. The summed E-state index contributed by atoms with van der Waals surface area (Å²) in [4.78, 5) is 11.2. The zero-order valence-electron chi connectivity index (χ0n) is 10.7. The van der Waals surface area contributed by atoms with Crippen LogP contribution in [0.2, 0.25) is 0 Å². The zero-order valence-corrected chi connectivity index (χ0v) is 10.7. The van der Waals surface area contributed by atoms with Gasteiger partial charge in [-0.25, -0.2) is 4.79 Å². The topological polar surface area (TPSA) is 57.5 Å². The molecule has 0 aromatic heterocycles. The fourth-order valence-corrected chi connectivity index (χ4v) is 2.01. The van der Waals surface area contributed by atoms with Crippen LogP contribution in [0, 0.1) is 0 Å². The van der Waals surface area contributed by atoms with Gasteiger partial charge in [-0.3, -0.25) is 0 Å². The Hall–Kier alpha value is -2.03. The van der Waals surface area contributed by atoms with Gasteiger partial charge in [0.05, 0.1) is 0 Å². The number of carbonyl (C=O) groups is 1. The Kier molecular flexibility index (Phi) is 2.77. The smallest absolute Gasteiger partial charge is 0.340 e. The van der Waals surface area contributed by atoms with Crippen LogP contribution < -0.4 is 0 Å². The van der Waals surface area contributed by atoms with Gasteiger partial charge >= 0.3 is 5.97 Å². The van der Waals surface area contributed by atoms with Crippen molar-refractivity contribution < 1.29 is 15.0 Å². The van der Waals surface area contributed by atoms with Crippen molar-refractivity contribution in [2.75, 3.05) is 0 Å². The van der Waals surface area contributed by atoms with Gasteiger partial charge in [0.1, 0.15) is 11.3 Å². The number of rotatable bonds is 1. The van der Waals surface area contributed by atoms with Gasteiger partial charge in [0.15, 0.2) is 0 Å². The normalized spacial score (nSPS) is 11.7. The lowest BCUT2D eigenvalue weighted by atomic mass is 9.85. The molecule has 3 heteroatoms. The van der Waals surface area contributed by atoms with Gasteiger partial charge in [0.2, 0.25) is 0 Å². The molecule has 2 rings (SSSR count). The predicted molar refractivity (Wildman–Crippen MR) is 71.3 cm³/mol. The summed E-state index contributed by atoms with van der Waals surface area (Å²) in [5, 5.41) is 20.2. The molecule has 2 aromatic carbocycles. The molecule has 0 bridgehead atoms. The molecule has 2 aromatic rings. The van der Waals surface area contributed by atoms with Crippen molar-refractivity contribution in [1.82, 2.24) is 0 Å². The first-order valence-corrected chi connectivity index (χ1v) is 5.80. The molecule has 0 aliphatic rings. The predicted octanol–water partition coefficient (Wildman–Crippen LogP) is 3.54. The number of hydrogen-bond donors (Lipinski definition) is 2. The highest BCUT2D eigenvalue weighted by Crippen LogP contribution is 2.31. The maximum atomic E-state index is 11.2. The summed E-state index contributed by atoms with van der Waals surface area (Å²) in [5.74, 6) is -1.31. The van der Waals surface area contributed by atoms with Crippen molar-refractivity contribution in [2.45, 2.75) is 26.2 Å². The molecule has 3 nitrogen and oxygen atoms in total. The van der Waals surface area contributed by atoms with Crippen LogP contribution in [0.15, 0.2) is 30.3 Å². The van der Waals surface area contributed by atoms with Crippen LogP contribution in [-0.2, 0) is 5.41 Å². The Bertz CT molecular complexity index is 621. The number of aromatic hydroxyl groups is 1. The molecule has 0 radical (unpaired) electrons. The van der Waals surface area contributed by atoms with Gasteiger partial charge in [0, 0.05) is 0 Å². The molecular formula is C15H16O3. The lowest BCUT2D eigenvalue weighted by Gasteiger charge is -2.19. The molecule has 0 heterocycles. The molecule has 18 heavy (non-hydrogen) atoms. The summed E-state index contributed by atoms with van der Waals surface area (Å²) >= 11 is 0. The standard InChI is InChI=1S/C15H16O3/c1-15(2,3)10-5-6-11-9(8-10)4-7-12(16)13(11)14(17)18/h4-8,16H,1-3H3,(H,17,18). The average molecular weight is 244 g/mol. The number of carboxylic acids is 1. The van der Waals surface area contributed by atoms with E-state index in [9.17, 15) is 9.90 Å². The van der Waals surface area contributed by atoms with Crippen molar-refractivity contribution in [2.24, 2.45) is 0 Å². The maximum Gasteiger partial charge on any atom is 0.340 e. The highest BCUT2D eigenvalue weighted by atomic mass is 16.4. The summed E-state index contributed by atoms with van der Waals surface area (Å²) < 4.78 is 0. The van der Waals surface area contributed by atoms with Gasteiger partial charge in [-0.15, -0.1) is 0 Å². The van der Waals surface area contributed by atoms with E-state index in [1.165, 1.54) is 6.07 Å². The zero-order chi connectivity index (χ0) is 13.5. The van der Waals surface area contributed by atoms with E-state index >= 15 is 0 Å². The first-order valence-electron chi connectivity index (χ1n) is 5.80. The Morgan fingerprint density at radius 3 is 2.33 bits per heavy atom. The quantitative estimate of drug-likeness (QED) is 0.806. The molecule has 0 atom stereocenters. The number of benzene rings is 2. The fraction of sp³-hybridized carbons (Fsp3) is 0.267. The molecule has 2 N–H and O–H groups in total. The number of phenols is 1. The molecule has 0 amide bonds. The van der Waals surface area contributed by atoms with Crippen molar-refractivity contribution >= 4 is 16.7 Å². The molecular weight excluding hydrogens is 228 g/mol. The van der Waals surface area contributed by atoms with E-state index in [0.29, 0.717) is 5.39 Å². The van der Waals surface area contributed by atoms with Crippen molar-refractivity contribution in [3.63, 3.8) is 0 Å². The van der Waals surface area contributed by atoms with Crippen LogP contribution in [0.25, 0.3) is 10.8 Å². The third kappa shape index (κ3) is 2.04. The molecule has 0 aliphatic heterocycles.